The van der Waals surface area contributed by atoms with Gasteiger partial charge in [-0.2, -0.15) is 0 Å². The Morgan fingerprint density at radius 3 is 2.21 bits per heavy atom. The highest BCUT2D eigenvalue weighted by Crippen LogP contribution is 2.53. The maximum absolute atomic E-state index is 11.6. The second kappa shape index (κ2) is 4.34. The summed E-state index contributed by atoms with van der Waals surface area (Å²) in [5.41, 5.74) is 0.109. The fourth-order valence-electron chi connectivity index (χ4n) is 1.12. The van der Waals surface area contributed by atoms with Crippen LogP contribution >= 0.6 is 63.7 Å². The lowest BCUT2D eigenvalue weighted by atomic mass is 10.1. The average molecular weight is 458 g/mol. The van der Waals surface area contributed by atoms with Crippen LogP contribution < -0.4 is 0 Å². The van der Waals surface area contributed by atoms with Gasteiger partial charge in [0.25, 0.3) is 0 Å². The molecule has 1 saturated carbocycles. The first-order valence-corrected chi connectivity index (χ1v) is 7.35. The highest BCUT2D eigenvalue weighted by Gasteiger charge is 2.52. The van der Waals surface area contributed by atoms with Gasteiger partial charge in [0.2, 0.25) is 0 Å². The molecule has 1 unspecified atom stereocenters. The molecule has 82 valence electrons. The molecule has 0 aromatic heterocycles. The fraction of sp³-hybridized carbons (Fsp3) is 0.875. The molecule has 2 nitrogen and oxygen atoms in total. The van der Waals surface area contributed by atoms with Crippen molar-refractivity contribution in [3.8, 4) is 0 Å². The molecule has 2 atom stereocenters. The van der Waals surface area contributed by atoms with E-state index in [0.717, 1.165) is 6.42 Å². The third-order valence-corrected chi connectivity index (χ3v) is 6.24. The summed E-state index contributed by atoms with van der Waals surface area (Å²) >= 11 is 13.1. The zero-order valence-corrected chi connectivity index (χ0v) is 14.0. The number of hydrogen-bond acceptors (Lipinski definition) is 2. The SMILES string of the molecule is CC1(C)C[C@H]1C(=O)OC(Br)C(Br)(Br)Br. The van der Waals surface area contributed by atoms with Crippen LogP contribution in [0.1, 0.15) is 20.3 Å². The topological polar surface area (TPSA) is 26.3 Å². The molecular weight excluding hydrogens is 448 g/mol. The first kappa shape index (κ1) is 13.5. The van der Waals surface area contributed by atoms with E-state index in [0.29, 0.717) is 0 Å². The van der Waals surface area contributed by atoms with Gasteiger partial charge in [0.05, 0.1) is 5.92 Å². The van der Waals surface area contributed by atoms with Crippen LogP contribution in [0.15, 0.2) is 0 Å². The van der Waals surface area contributed by atoms with Crippen molar-refractivity contribution in [1.29, 1.82) is 0 Å². The van der Waals surface area contributed by atoms with Crippen LogP contribution in [-0.2, 0) is 9.53 Å². The van der Waals surface area contributed by atoms with Gasteiger partial charge in [0.15, 0.2) is 7.16 Å². The Labute approximate surface area is 117 Å². The van der Waals surface area contributed by atoms with E-state index in [-0.39, 0.29) is 17.3 Å². The Kier molecular flexibility index (Phi) is 4.17. The number of carbonyl (C=O) groups is 1. The van der Waals surface area contributed by atoms with Crippen molar-refractivity contribution >= 4 is 69.7 Å². The van der Waals surface area contributed by atoms with Gasteiger partial charge < -0.3 is 4.74 Å². The summed E-state index contributed by atoms with van der Waals surface area (Å²) in [4.78, 5) is 11.6. The quantitative estimate of drug-likeness (QED) is 0.460. The molecule has 0 aliphatic heterocycles. The van der Waals surface area contributed by atoms with Crippen LogP contribution in [0.5, 0.6) is 0 Å². The van der Waals surface area contributed by atoms with E-state index in [2.05, 4.69) is 77.6 Å². The van der Waals surface area contributed by atoms with Gasteiger partial charge >= 0.3 is 5.97 Å². The predicted molar refractivity (Wildman–Crippen MR) is 70.2 cm³/mol. The zero-order valence-electron chi connectivity index (χ0n) is 7.69. The number of halogens is 4. The Morgan fingerprint density at radius 1 is 1.50 bits per heavy atom. The van der Waals surface area contributed by atoms with Gasteiger partial charge in [-0.25, -0.2) is 0 Å². The van der Waals surface area contributed by atoms with Crippen LogP contribution in [0.2, 0.25) is 0 Å². The van der Waals surface area contributed by atoms with Crippen LogP contribution in [0, 0.1) is 11.3 Å². The third-order valence-electron chi connectivity index (χ3n) is 2.27. The lowest BCUT2D eigenvalue weighted by Crippen LogP contribution is -2.25. The molecule has 0 N–H and O–H groups in total. The van der Waals surface area contributed by atoms with Crippen molar-refractivity contribution < 1.29 is 9.53 Å². The minimum atomic E-state index is -0.609. The van der Waals surface area contributed by atoms with Crippen LogP contribution in [0.3, 0.4) is 0 Å². The van der Waals surface area contributed by atoms with Gasteiger partial charge in [0.1, 0.15) is 0 Å². The molecule has 1 fully saturated rings. The summed E-state index contributed by atoms with van der Waals surface area (Å²) in [5, 5.41) is -0.445. The second-order valence-corrected chi connectivity index (χ2v) is 11.8. The van der Waals surface area contributed by atoms with Crippen molar-refractivity contribution in [2.24, 2.45) is 11.3 Å². The first-order valence-electron chi connectivity index (χ1n) is 4.06. The summed E-state index contributed by atoms with van der Waals surface area (Å²) in [6.07, 6.45) is 0.908. The monoisotopic (exact) mass is 454 g/mol. The Hall–Kier alpha value is 1.39. The molecular formula is C8H10Br4O2. The Bertz CT molecular complexity index is 246. The van der Waals surface area contributed by atoms with Crippen molar-refractivity contribution in [1.82, 2.24) is 0 Å². The normalized spacial score (nSPS) is 26.9. The van der Waals surface area contributed by atoms with E-state index < -0.39 is 7.16 Å². The van der Waals surface area contributed by atoms with Crippen molar-refractivity contribution in [2.75, 3.05) is 0 Å². The highest BCUT2D eigenvalue weighted by molar-refractivity contribution is 9.40. The molecule has 0 aromatic rings. The summed E-state index contributed by atoms with van der Waals surface area (Å²) in [5.74, 6) is -0.114. The molecule has 0 aromatic carbocycles. The number of hydrogen-bond donors (Lipinski definition) is 0. The van der Waals surface area contributed by atoms with E-state index in [1.54, 1.807) is 0 Å². The maximum atomic E-state index is 11.6. The zero-order chi connectivity index (χ0) is 11.1. The standard InChI is InChI=1S/C8H10Br4O2/c1-7(2)3-4(7)5(13)14-6(9)8(10,11)12/h4,6H,3H2,1-2H3/t4-,6?/m0/s1. The molecule has 14 heavy (non-hydrogen) atoms. The number of alkyl halides is 4. The second-order valence-electron chi connectivity index (χ2n) is 4.04. The molecule has 1 aliphatic rings. The molecule has 0 spiro atoms. The van der Waals surface area contributed by atoms with Crippen LogP contribution in [0.25, 0.3) is 0 Å². The summed E-state index contributed by atoms with van der Waals surface area (Å²) in [7, 11) is 0. The number of esters is 1. The van der Waals surface area contributed by atoms with Crippen LogP contribution in [0.4, 0.5) is 0 Å². The summed E-state index contributed by atoms with van der Waals surface area (Å²) < 4.78 is 4.60. The lowest BCUT2D eigenvalue weighted by Gasteiger charge is -2.20. The van der Waals surface area contributed by atoms with Gasteiger partial charge in [0, 0.05) is 0 Å². The van der Waals surface area contributed by atoms with Gasteiger partial charge in [-0.15, -0.1) is 0 Å². The minimum absolute atomic E-state index is 0.0393. The predicted octanol–water partition coefficient (Wildman–Crippen LogP) is 4.14. The van der Waals surface area contributed by atoms with E-state index >= 15 is 0 Å². The maximum Gasteiger partial charge on any atom is 0.310 e. The van der Waals surface area contributed by atoms with Gasteiger partial charge in [-0.1, -0.05) is 61.6 Å². The number of carbonyl (C=O) groups excluding carboxylic acids is 1. The van der Waals surface area contributed by atoms with Crippen molar-refractivity contribution in [3.63, 3.8) is 0 Å². The molecule has 0 radical (unpaired) electrons. The summed E-state index contributed by atoms with van der Waals surface area (Å²) in [6.45, 7) is 4.12. The van der Waals surface area contributed by atoms with Gasteiger partial charge in [-0.05, 0) is 27.8 Å². The molecule has 6 heteroatoms. The average Bonchev–Trinajstić information content (AvgIpc) is 2.57. The first-order chi connectivity index (χ1) is 6.14. The molecule has 0 heterocycles. The Morgan fingerprint density at radius 2 is 1.93 bits per heavy atom. The Balaban J connectivity index is 2.43. The molecule has 0 bridgehead atoms. The fourth-order valence-corrected chi connectivity index (χ4v) is 1.59. The number of rotatable bonds is 2. The van der Waals surface area contributed by atoms with Gasteiger partial charge in [-0.3, -0.25) is 4.79 Å². The van der Waals surface area contributed by atoms with Crippen LogP contribution in [-0.4, -0.2) is 13.1 Å². The largest absolute Gasteiger partial charge is 0.447 e. The lowest BCUT2D eigenvalue weighted by molar-refractivity contribution is -0.146. The van der Waals surface area contributed by atoms with E-state index in [4.69, 9.17) is 4.74 Å². The van der Waals surface area contributed by atoms with Crippen molar-refractivity contribution in [3.05, 3.63) is 0 Å². The summed E-state index contributed by atoms with van der Waals surface area (Å²) in [6, 6.07) is 0. The smallest absolute Gasteiger partial charge is 0.310 e. The van der Waals surface area contributed by atoms with Crippen molar-refractivity contribution in [2.45, 2.75) is 27.4 Å². The molecule has 0 saturated heterocycles. The number of ether oxygens (including phenoxy) is 1. The minimum Gasteiger partial charge on any atom is -0.447 e. The van der Waals surface area contributed by atoms with E-state index in [9.17, 15) is 4.79 Å². The third kappa shape index (κ3) is 3.46. The van der Waals surface area contributed by atoms with E-state index in [1.165, 1.54) is 0 Å². The highest BCUT2D eigenvalue weighted by atomic mass is 80.0. The molecule has 1 aliphatic carbocycles. The van der Waals surface area contributed by atoms with E-state index in [1.807, 2.05) is 0 Å². The molecule has 1 rings (SSSR count). The molecule has 0 amide bonds.